The monoisotopic (exact) mass is 188 g/mol. The van der Waals surface area contributed by atoms with Crippen LogP contribution in [0.4, 0.5) is 0 Å². The molecule has 0 spiro atoms. The molecule has 1 N–H and O–H groups in total. The van der Waals surface area contributed by atoms with E-state index in [0.717, 1.165) is 5.56 Å². The smallest absolute Gasteiger partial charge is 0.266 e. The predicted molar refractivity (Wildman–Crippen MR) is 55.3 cm³/mol. The number of nitrogens with zero attached hydrogens (tertiary/aromatic N) is 1. The first-order valence-electron chi connectivity index (χ1n) is 4.55. The second kappa shape index (κ2) is 3.54. The number of rotatable bonds is 2. The van der Waals surface area contributed by atoms with Gasteiger partial charge in [0.25, 0.3) is 5.56 Å². The number of hydrogen-bond acceptors (Lipinski definition) is 1. The maximum Gasteiger partial charge on any atom is 0.266 e. The standard InChI is InChI=1S/C11H12N2O/c1-9-2-4-10(5-3-9)8-13-11(14)6-7-12-13/h2-7,12H,8H2,1H3. The molecule has 0 atom stereocenters. The predicted octanol–water partition coefficient (Wildman–Crippen LogP) is 1.53. The summed E-state index contributed by atoms with van der Waals surface area (Å²) in [6.45, 7) is 2.65. The number of nitrogens with one attached hydrogen (secondary N) is 1. The summed E-state index contributed by atoms with van der Waals surface area (Å²) in [6, 6.07) is 9.67. The van der Waals surface area contributed by atoms with Crippen LogP contribution in [0.15, 0.2) is 41.3 Å². The van der Waals surface area contributed by atoms with Gasteiger partial charge >= 0.3 is 0 Å². The minimum absolute atomic E-state index is 0.00516. The molecule has 2 rings (SSSR count). The van der Waals surface area contributed by atoms with Crippen LogP contribution in [0, 0.1) is 6.92 Å². The molecule has 1 heterocycles. The van der Waals surface area contributed by atoms with E-state index in [0.29, 0.717) is 6.54 Å². The fourth-order valence-corrected chi connectivity index (χ4v) is 1.35. The largest absolute Gasteiger partial charge is 0.303 e. The first kappa shape index (κ1) is 8.81. The number of aromatic amines is 1. The average Bonchev–Trinajstić information content (AvgIpc) is 2.56. The highest BCUT2D eigenvalue weighted by Gasteiger charge is 1.97. The Balaban J connectivity index is 2.23. The van der Waals surface area contributed by atoms with Crippen molar-refractivity contribution in [1.82, 2.24) is 9.78 Å². The van der Waals surface area contributed by atoms with Crippen LogP contribution >= 0.6 is 0 Å². The van der Waals surface area contributed by atoms with Gasteiger partial charge in [-0.2, -0.15) is 0 Å². The lowest BCUT2D eigenvalue weighted by Gasteiger charge is -2.02. The highest BCUT2D eigenvalue weighted by atomic mass is 16.1. The molecule has 0 amide bonds. The van der Waals surface area contributed by atoms with Crippen LogP contribution in [0.3, 0.4) is 0 Å². The van der Waals surface area contributed by atoms with E-state index in [-0.39, 0.29) is 5.56 Å². The molecule has 0 saturated carbocycles. The number of hydrogen-bond donors (Lipinski definition) is 1. The van der Waals surface area contributed by atoms with Crippen molar-refractivity contribution < 1.29 is 0 Å². The van der Waals surface area contributed by atoms with E-state index >= 15 is 0 Å². The van der Waals surface area contributed by atoms with Gasteiger partial charge in [0.15, 0.2) is 0 Å². The summed E-state index contributed by atoms with van der Waals surface area (Å²) in [5, 5.41) is 2.87. The number of aryl methyl sites for hydroxylation is 1. The molecule has 0 saturated heterocycles. The maximum absolute atomic E-state index is 11.2. The van der Waals surface area contributed by atoms with Gasteiger partial charge < -0.3 is 5.10 Å². The van der Waals surface area contributed by atoms with Crippen molar-refractivity contribution in [3.63, 3.8) is 0 Å². The van der Waals surface area contributed by atoms with Gasteiger partial charge in [0.1, 0.15) is 0 Å². The zero-order chi connectivity index (χ0) is 9.97. The van der Waals surface area contributed by atoms with E-state index < -0.39 is 0 Å². The second-order valence-corrected chi connectivity index (χ2v) is 3.37. The molecule has 0 aliphatic rings. The highest BCUT2D eigenvalue weighted by Crippen LogP contribution is 2.03. The van der Waals surface area contributed by atoms with Crippen molar-refractivity contribution in [1.29, 1.82) is 0 Å². The summed E-state index contributed by atoms with van der Waals surface area (Å²) in [5.41, 5.74) is 2.36. The first-order valence-corrected chi connectivity index (χ1v) is 4.55. The lowest BCUT2D eigenvalue weighted by molar-refractivity contribution is 0.664. The van der Waals surface area contributed by atoms with Crippen molar-refractivity contribution in [2.75, 3.05) is 0 Å². The summed E-state index contributed by atoms with van der Waals surface area (Å²) >= 11 is 0. The Hall–Kier alpha value is -1.77. The third-order valence-electron chi connectivity index (χ3n) is 2.18. The van der Waals surface area contributed by atoms with Gasteiger partial charge in [-0.3, -0.25) is 4.79 Å². The Kier molecular flexibility index (Phi) is 2.23. The van der Waals surface area contributed by atoms with Crippen molar-refractivity contribution in [2.45, 2.75) is 13.5 Å². The van der Waals surface area contributed by atoms with E-state index in [1.165, 1.54) is 11.6 Å². The van der Waals surface area contributed by atoms with E-state index in [4.69, 9.17) is 0 Å². The molecule has 0 fully saturated rings. The van der Waals surface area contributed by atoms with Gasteiger partial charge in [0.05, 0.1) is 6.54 Å². The van der Waals surface area contributed by atoms with Crippen LogP contribution in [0.1, 0.15) is 11.1 Å². The Labute approximate surface area is 82.0 Å². The van der Waals surface area contributed by atoms with Crippen molar-refractivity contribution in [3.8, 4) is 0 Å². The topological polar surface area (TPSA) is 37.8 Å². The fourth-order valence-electron chi connectivity index (χ4n) is 1.35. The Bertz CT molecular complexity index is 465. The first-order chi connectivity index (χ1) is 6.75. The van der Waals surface area contributed by atoms with E-state index in [9.17, 15) is 4.79 Å². The maximum atomic E-state index is 11.2. The summed E-state index contributed by atoms with van der Waals surface area (Å²) in [6.07, 6.45) is 1.65. The molecule has 0 bridgehead atoms. The lowest BCUT2D eigenvalue weighted by atomic mass is 10.1. The minimum atomic E-state index is 0.00516. The Morgan fingerprint density at radius 2 is 1.93 bits per heavy atom. The van der Waals surface area contributed by atoms with Gasteiger partial charge in [0.2, 0.25) is 0 Å². The molecule has 1 aromatic heterocycles. The molecule has 2 aromatic rings. The van der Waals surface area contributed by atoms with E-state index in [1.54, 1.807) is 10.9 Å². The molecule has 3 heteroatoms. The number of benzene rings is 1. The molecule has 0 aliphatic heterocycles. The normalized spacial score (nSPS) is 10.4. The van der Waals surface area contributed by atoms with Crippen molar-refractivity contribution in [2.24, 2.45) is 0 Å². The summed E-state index contributed by atoms with van der Waals surface area (Å²) < 4.78 is 1.57. The molecule has 14 heavy (non-hydrogen) atoms. The van der Waals surface area contributed by atoms with Crippen molar-refractivity contribution in [3.05, 3.63) is 58.0 Å². The third-order valence-corrected chi connectivity index (χ3v) is 2.18. The molecular weight excluding hydrogens is 176 g/mol. The van der Waals surface area contributed by atoms with Crippen LogP contribution in [-0.2, 0) is 6.54 Å². The van der Waals surface area contributed by atoms with Gasteiger partial charge in [-0.25, -0.2) is 4.68 Å². The third kappa shape index (κ3) is 1.76. The van der Waals surface area contributed by atoms with Gasteiger partial charge in [-0.05, 0) is 12.5 Å². The molecule has 72 valence electrons. The zero-order valence-corrected chi connectivity index (χ0v) is 8.03. The van der Waals surface area contributed by atoms with Gasteiger partial charge in [-0.1, -0.05) is 29.8 Å². The Morgan fingerprint density at radius 3 is 2.50 bits per heavy atom. The molecule has 0 radical (unpaired) electrons. The second-order valence-electron chi connectivity index (χ2n) is 3.37. The zero-order valence-electron chi connectivity index (χ0n) is 8.03. The summed E-state index contributed by atoms with van der Waals surface area (Å²) in [4.78, 5) is 11.2. The van der Waals surface area contributed by atoms with Crippen LogP contribution in [0.2, 0.25) is 0 Å². The number of aromatic nitrogens is 2. The van der Waals surface area contributed by atoms with Crippen LogP contribution in [0.25, 0.3) is 0 Å². The molecular formula is C11H12N2O. The average molecular weight is 188 g/mol. The fraction of sp³-hybridized carbons (Fsp3) is 0.182. The summed E-state index contributed by atoms with van der Waals surface area (Å²) in [7, 11) is 0. The highest BCUT2D eigenvalue weighted by molar-refractivity contribution is 5.21. The molecule has 3 nitrogen and oxygen atoms in total. The number of H-pyrrole nitrogens is 1. The molecule has 0 unspecified atom stereocenters. The minimum Gasteiger partial charge on any atom is -0.303 e. The van der Waals surface area contributed by atoms with Crippen LogP contribution in [-0.4, -0.2) is 9.78 Å². The summed E-state index contributed by atoms with van der Waals surface area (Å²) in [5.74, 6) is 0. The SMILES string of the molecule is Cc1ccc(Cn2[nH]ccc2=O)cc1. The van der Waals surface area contributed by atoms with Gasteiger partial charge in [-0.15, -0.1) is 0 Å². The van der Waals surface area contributed by atoms with Gasteiger partial charge in [0, 0.05) is 12.3 Å². The van der Waals surface area contributed by atoms with Crippen molar-refractivity contribution >= 4 is 0 Å². The molecule has 0 aliphatic carbocycles. The Morgan fingerprint density at radius 1 is 1.21 bits per heavy atom. The quantitative estimate of drug-likeness (QED) is 0.762. The van der Waals surface area contributed by atoms with Crippen LogP contribution < -0.4 is 5.56 Å². The van der Waals surface area contributed by atoms with E-state index in [2.05, 4.69) is 5.10 Å². The van der Waals surface area contributed by atoms with Crippen LogP contribution in [0.5, 0.6) is 0 Å². The molecule has 1 aromatic carbocycles. The lowest BCUT2D eigenvalue weighted by Crippen LogP contribution is -2.16. The van der Waals surface area contributed by atoms with E-state index in [1.807, 2.05) is 31.2 Å².